The van der Waals surface area contributed by atoms with Crippen molar-refractivity contribution >= 4 is 5.95 Å². The van der Waals surface area contributed by atoms with E-state index in [-0.39, 0.29) is 0 Å². The minimum Gasteiger partial charge on any atom is -0.339 e. The van der Waals surface area contributed by atoms with Crippen molar-refractivity contribution in [2.75, 3.05) is 24.5 Å². The van der Waals surface area contributed by atoms with Crippen LogP contribution in [0.3, 0.4) is 0 Å². The summed E-state index contributed by atoms with van der Waals surface area (Å²) in [6.45, 7) is 2.71. The van der Waals surface area contributed by atoms with Gasteiger partial charge in [-0.2, -0.15) is 4.68 Å². The van der Waals surface area contributed by atoms with Crippen molar-refractivity contribution < 1.29 is 0 Å². The topological polar surface area (TPSA) is 72.9 Å². The van der Waals surface area contributed by atoms with Gasteiger partial charge in [0.2, 0.25) is 5.95 Å². The van der Waals surface area contributed by atoms with Gasteiger partial charge in [0.25, 0.3) is 0 Å². The van der Waals surface area contributed by atoms with E-state index in [0.717, 1.165) is 44.1 Å². The Morgan fingerprint density at radius 2 is 1.89 bits per heavy atom. The SMILES string of the molecule is NCC1CCN(c2nnnn2-c2ccccc2)CC1. The molecule has 1 aliphatic heterocycles. The normalized spacial score (nSPS) is 16.8. The number of rotatable bonds is 3. The molecule has 100 valence electrons. The van der Waals surface area contributed by atoms with Gasteiger partial charge < -0.3 is 10.6 Å². The molecule has 1 aliphatic rings. The van der Waals surface area contributed by atoms with Crippen molar-refractivity contribution in [1.29, 1.82) is 0 Å². The van der Waals surface area contributed by atoms with Crippen molar-refractivity contribution in [2.24, 2.45) is 11.7 Å². The monoisotopic (exact) mass is 258 g/mol. The highest BCUT2D eigenvalue weighted by Gasteiger charge is 2.22. The van der Waals surface area contributed by atoms with Gasteiger partial charge in [0.1, 0.15) is 0 Å². The van der Waals surface area contributed by atoms with Crippen LogP contribution < -0.4 is 10.6 Å². The molecule has 2 aromatic rings. The predicted octanol–water partition coefficient (Wildman–Crippen LogP) is 0.837. The van der Waals surface area contributed by atoms with Crippen LogP contribution in [0.5, 0.6) is 0 Å². The summed E-state index contributed by atoms with van der Waals surface area (Å²) in [5.74, 6) is 1.46. The maximum Gasteiger partial charge on any atom is 0.250 e. The molecule has 0 unspecified atom stereocenters. The lowest BCUT2D eigenvalue weighted by Crippen LogP contribution is -2.37. The van der Waals surface area contributed by atoms with E-state index in [4.69, 9.17) is 5.73 Å². The van der Waals surface area contributed by atoms with E-state index in [0.29, 0.717) is 5.92 Å². The van der Waals surface area contributed by atoms with Gasteiger partial charge in [0.05, 0.1) is 5.69 Å². The summed E-state index contributed by atoms with van der Waals surface area (Å²) in [6, 6.07) is 9.97. The third kappa shape index (κ3) is 2.44. The molecule has 2 N–H and O–H groups in total. The first-order valence-corrected chi connectivity index (χ1v) is 6.67. The second-order valence-electron chi connectivity index (χ2n) is 4.89. The molecule has 1 aromatic carbocycles. The Hall–Kier alpha value is -1.95. The molecular formula is C13H18N6. The molecule has 0 amide bonds. The first-order valence-electron chi connectivity index (χ1n) is 6.67. The van der Waals surface area contributed by atoms with E-state index < -0.39 is 0 Å². The first-order chi connectivity index (χ1) is 9.38. The first kappa shape index (κ1) is 12.1. The predicted molar refractivity (Wildman–Crippen MR) is 73.1 cm³/mol. The summed E-state index contributed by atoms with van der Waals surface area (Å²) < 4.78 is 1.79. The summed E-state index contributed by atoms with van der Waals surface area (Å²) in [4.78, 5) is 2.24. The number of para-hydroxylation sites is 1. The fraction of sp³-hybridized carbons (Fsp3) is 0.462. The molecule has 1 fully saturated rings. The highest BCUT2D eigenvalue weighted by Crippen LogP contribution is 2.22. The highest BCUT2D eigenvalue weighted by atomic mass is 15.6. The molecule has 1 saturated heterocycles. The average molecular weight is 258 g/mol. The van der Waals surface area contributed by atoms with Gasteiger partial charge in [-0.05, 0) is 47.9 Å². The van der Waals surface area contributed by atoms with E-state index in [2.05, 4.69) is 20.4 Å². The molecule has 0 saturated carbocycles. The largest absolute Gasteiger partial charge is 0.339 e. The number of nitrogens with two attached hydrogens (primary N) is 1. The Kier molecular flexibility index (Phi) is 3.41. The lowest BCUT2D eigenvalue weighted by atomic mass is 9.97. The van der Waals surface area contributed by atoms with Crippen molar-refractivity contribution in [3.63, 3.8) is 0 Å². The van der Waals surface area contributed by atoms with Crippen LogP contribution >= 0.6 is 0 Å². The maximum atomic E-state index is 5.72. The number of aromatic nitrogens is 4. The van der Waals surface area contributed by atoms with Gasteiger partial charge in [-0.15, -0.1) is 0 Å². The fourth-order valence-electron chi connectivity index (χ4n) is 2.48. The second-order valence-corrected chi connectivity index (χ2v) is 4.89. The number of tetrazole rings is 1. The quantitative estimate of drug-likeness (QED) is 0.883. The van der Waals surface area contributed by atoms with Crippen molar-refractivity contribution in [3.8, 4) is 5.69 Å². The molecule has 1 aromatic heterocycles. The van der Waals surface area contributed by atoms with E-state index in [1.54, 1.807) is 4.68 Å². The van der Waals surface area contributed by atoms with Crippen LogP contribution in [-0.4, -0.2) is 39.8 Å². The zero-order valence-corrected chi connectivity index (χ0v) is 10.8. The minimum absolute atomic E-state index is 0.636. The Labute approximate surface area is 112 Å². The summed E-state index contributed by atoms with van der Waals surface area (Å²) in [5, 5.41) is 12.1. The van der Waals surface area contributed by atoms with Crippen molar-refractivity contribution in [2.45, 2.75) is 12.8 Å². The van der Waals surface area contributed by atoms with Gasteiger partial charge >= 0.3 is 0 Å². The fourth-order valence-corrected chi connectivity index (χ4v) is 2.48. The molecule has 6 nitrogen and oxygen atoms in total. The van der Waals surface area contributed by atoms with Crippen LogP contribution in [-0.2, 0) is 0 Å². The van der Waals surface area contributed by atoms with E-state index in [1.165, 1.54) is 0 Å². The van der Waals surface area contributed by atoms with Crippen LogP contribution in [0.4, 0.5) is 5.95 Å². The average Bonchev–Trinajstić information content (AvgIpc) is 2.98. The van der Waals surface area contributed by atoms with Crippen molar-refractivity contribution in [1.82, 2.24) is 20.2 Å². The lowest BCUT2D eigenvalue weighted by Gasteiger charge is -2.31. The molecule has 6 heteroatoms. The molecule has 0 atom stereocenters. The Balaban J connectivity index is 1.81. The summed E-state index contributed by atoms with van der Waals surface area (Å²) in [6.07, 6.45) is 2.22. The number of anilines is 1. The summed E-state index contributed by atoms with van der Waals surface area (Å²) in [5.41, 5.74) is 6.71. The smallest absolute Gasteiger partial charge is 0.250 e. The third-order valence-corrected chi connectivity index (χ3v) is 3.68. The van der Waals surface area contributed by atoms with Gasteiger partial charge in [-0.25, -0.2) is 0 Å². The lowest BCUT2D eigenvalue weighted by molar-refractivity contribution is 0.410. The standard InChI is InChI=1S/C13H18N6/c14-10-11-6-8-18(9-7-11)13-15-16-17-19(13)12-4-2-1-3-5-12/h1-5,11H,6-10,14H2. The maximum absolute atomic E-state index is 5.72. The molecule has 0 bridgehead atoms. The number of piperidine rings is 1. The molecule has 0 radical (unpaired) electrons. The summed E-state index contributed by atoms with van der Waals surface area (Å²) in [7, 11) is 0. The van der Waals surface area contributed by atoms with Gasteiger partial charge in [-0.1, -0.05) is 23.3 Å². The van der Waals surface area contributed by atoms with Crippen LogP contribution in [0.1, 0.15) is 12.8 Å². The van der Waals surface area contributed by atoms with Gasteiger partial charge in [0.15, 0.2) is 0 Å². The Morgan fingerprint density at radius 3 is 2.58 bits per heavy atom. The van der Waals surface area contributed by atoms with E-state index in [1.807, 2.05) is 30.3 Å². The van der Waals surface area contributed by atoms with Crippen LogP contribution in [0.15, 0.2) is 30.3 Å². The highest BCUT2D eigenvalue weighted by molar-refractivity contribution is 5.40. The van der Waals surface area contributed by atoms with E-state index >= 15 is 0 Å². The number of benzene rings is 1. The van der Waals surface area contributed by atoms with Gasteiger partial charge in [0, 0.05) is 13.1 Å². The van der Waals surface area contributed by atoms with E-state index in [9.17, 15) is 0 Å². The summed E-state index contributed by atoms with van der Waals surface area (Å²) >= 11 is 0. The van der Waals surface area contributed by atoms with Crippen LogP contribution in [0.25, 0.3) is 5.69 Å². The number of hydrogen-bond acceptors (Lipinski definition) is 5. The van der Waals surface area contributed by atoms with Crippen LogP contribution in [0, 0.1) is 5.92 Å². The Morgan fingerprint density at radius 1 is 1.16 bits per heavy atom. The molecule has 0 aliphatic carbocycles. The molecule has 0 spiro atoms. The zero-order valence-electron chi connectivity index (χ0n) is 10.8. The second kappa shape index (κ2) is 5.36. The Bertz CT molecular complexity index is 515. The molecular weight excluding hydrogens is 240 g/mol. The van der Waals surface area contributed by atoms with Crippen molar-refractivity contribution in [3.05, 3.63) is 30.3 Å². The number of hydrogen-bond donors (Lipinski definition) is 1. The molecule has 19 heavy (non-hydrogen) atoms. The third-order valence-electron chi connectivity index (χ3n) is 3.68. The minimum atomic E-state index is 0.636. The number of nitrogens with zero attached hydrogens (tertiary/aromatic N) is 5. The molecule has 2 heterocycles. The van der Waals surface area contributed by atoms with Crippen LogP contribution in [0.2, 0.25) is 0 Å². The zero-order chi connectivity index (χ0) is 13.1. The molecule has 3 rings (SSSR count). The van der Waals surface area contributed by atoms with Gasteiger partial charge in [-0.3, -0.25) is 0 Å².